The maximum absolute atomic E-state index is 9.76. The zero-order chi connectivity index (χ0) is 9.28. The molecule has 0 aliphatic rings. The van der Waals surface area contributed by atoms with Crippen LogP contribution in [0.25, 0.3) is 0 Å². The van der Waals surface area contributed by atoms with Crippen LogP contribution in [0.5, 0.6) is 0 Å². The Kier molecular flexibility index (Phi) is 10.9. The summed E-state index contributed by atoms with van der Waals surface area (Å²) in [4.78, 5) is 9.76. The lowest BCUT2D eigenvalue weighted by Crippen LogP contribution is -2.30. The minimum atomic E-state index is -1.48. The largest absolute Gasteiger partial charge is 0.480 e. The lowest BCUT2D eigenvalue weighted by molar-refractivity contribution is -0.136. The molecule has 7 heteroatoms. The third-order valence-electron chi connectivity index (χ3n) is 0.603. The third-order valence-corrected chi connectivity index (χ3v) is 0.603. The van der Waals surface area contributed by atoms with E-state index in [0.717, 1.165) is 0 Å². The Morgan fingerprint density at radius 3 is 2.18 bits per heavy atom. The molecule has 0 aromatic carbocycles. The summed E-state index contributed by atoms with van der Waals surface area (Å²) in [6.07, 6.45) is -1.48. The highest BCUT2D eigenvalue weighted by molar-refractivity contribution is 5.68. The molecule has 0 aromatic rings. The molecule has 0 bridgehead atoms. The molecule has 0 spiro atoms. The number of carboxylic acids is 1. The number of nitrogens with one attached hydrogen (secondary N) is 1. The maximum atomic E-state index is 9.76. The fraction of sp³-hybridized carbons (Fsp3) is 0.750. The van der Waals surface area contributed by atoms with Gasteiger partial charge in [0.25, 0.3) is 0 Å². The van der Waals surface area contributed by atoms with Gasteiger partial charge in [0.15, 0.2) is 6.29 Å². The molecule has 0 saturated heterocycles. The monoisotopic (exact) mass is 167 g/mol. The van der Waals surface area contributed by atoms with Crippen LogP contribution >= 0.6 is 0 Å². The van der Waals surface area contributed by atoms with Gasteiger partial charge in [-0.1, -0.05) is 0 Å². The highest BCUT2D eigenvalue weighted by Crippen LogP contribution is 1.68. The second-order valence-electron chi connectivity index (χ2n) is 1.51. The van der Waals surface area contributed by atoms with Crippen molar-refractivity contribution in [1.29, 1.82) is 0 Å². The summed E-state index contributed by atoms with van der Waals surface area (Å²) in [5.74, 6) is 6.98. The van der Waals surface area contributed by atoms with Crippen molar-refractivity contribution >= 4 is 5.97 Å². The summed E-state index contributed by atoms with van der Waals surface area (Å²) in [6, 6.07) is 0. The number of hydrazine groups is 1. The van der Waals surface area contributed by atoms with Crippen LogP contribution in [0.4, 0.5) is 0 Å². The number of aliphatic hydroxyl groups is 2. The molecule has 0 aliphatic heterocycles. The van der Waals surface area contributed by atoms with Crippen molar-refractivity contribution in [2.75, 3.05) is 13.1 Å². The third kappa shape index (κ3) is 17.6. The maximum Gasteiger partial charge on any atom is 0.317 e. The van der Waals surface area contributed by atoms with E-state index in [1.807, 2.05) is 0 Å². The Bertz CT molecular complexity index is 97.3. The first-order chi connectivity index (χ1) is 5.13. The van der Waals surface area contributed by atoms with Crippen LogP contribution in [0.15, 0.2) is 0 Å². The Labute approximate surface area is 63.6 Å². The van der Waals surface area contributed by atoms with Crippen molar-refractivity contribution in [3.05, 3.63) is 0 Å². The molecule has 8 N–H and O–H groups in total. The van der Waals surface area contributed by atoms with Gasteiger partial charge in [0.05, 0.1) is 6.54 Å². The number of hydrogen-bond donors (Lipinski definition) is 6. The van der Waals surface area contributed by atoms with Crippen molar-refractivity contribution in [1.82, 2.24) is 5.32 Å². The standard InChI is InChI=1S/C4H9NO4.H4N2/c6-3(7)1-5-2-4(8)9;1-2/h3,5-7H,1-2H2,(H,8,9);1-2H2. The molecule has 0 aliphatic carbocycles. The van der Waals surface area contributed by atoms with E-state index in [1.54, 1.807) is 0 Å². The summed E-state index contributed by atoms with van der Waals surface area (Å²) < 4.78 is 0. The van der Waals surface area contributed by atoms with Crippen molar-refractivity contribution in [3.63, 3.8) is 0 Å². The van der Waals surface area contributed by atoms with E-state index in [4.69, 9.17) is 15.3 Å². The zero-order valence-electron chi connectivity index (χ0n) is 5.90. The second kappa shape index (κ2) is 9.27. The van der Waals surface area contributed by atoms with E-state index >= 15 is 0 Å². The highest BCUT2D eigenvalue weighted by Gasteiger charge is 1.97. The molecule has 11 heavy (non-hydrogen) atoms. The van der Waals surface area contributed by atoms with Crippen LogP contribution in [0.3, 0.4) is 0 Å². The van der Waals surface area contributed by atoms with Crippen LogP contribution in [0, 0.1) is 0 Å². The van der Waals surface area contributed by atoms with Gasteiger partial charge in [-0.05, 0) is 0 Å². The first-order valence-electron chi connectivity index (χ1n) is 2.75. The van der Waals surface area contributed by atoms with Crippen LogP contribution in [0.1, 0.15) is 0 Å². The fourth-order valence-electron chi connectivity index (χ4n) is 0.308. The van der Waals surface area contributed by atoms with Crippen molar-refractivity contribution in [3.8, 4) is 0 Å². The number of aliphatic carboxylic acids is 1. The molecule has 0 heterocycles. The summed E-state index contributed by atoms with van der Waals surface area (Å²) in [6.45, 7) is -0.371. The van der Waals surface area contributed by atoms with Crippen LogP contribution < -0.4 is 17.0 Å². The smallest absolute Gasteiger partial charge is 0.317 e. The van der Waals surface area contributed by atoms with Crippen molar-refractivity contribution in [2.45, 2.75) is 6.29 Å². The highest BCUT2D eigenvalue weighted by atomic mass is 16.5. The molecule has 0 atom stereocenters. The van der Waals surface area contributed by atoms with Gasteiger partial charge in [-0.25, -0.2) is 0 Å². The van der Waals surface area contributed by atoms with Gasteiger partial charge in [0, 0.05) is 6.54 Å². The lowest BCUT2D eigenvalue weighted by atomic mass is 10.6. The number of aliphatic hydroxyl groups excluding tert-OH is 1. The quantitative estimate of drug-likeness (QED) is 0.147. The number of hydrogen-bond acceptors (Lipinski definition) is 6. The molecular weight excluding hydrogens is 154 g/mol. The van der Waals surface area contributed by atoms with E-state index in [-0.39, 0.29) is 13.1 Å². The Morgan fingerprint density at radius 2 is 1.91 bits per heavy atom. The average Bonchev–Trinajstić information content (AvgIpc) is 1.90. The number of rotatable bonds is 4. The zero-order valence-corrected chi connectivity index (χ0v) is 5.90. The van der Waals surface area contributed by atoms with Crippen LogP contribution in [-0.4, -0.2) is 40.7 Å². The van der Waals surface area contributed by atoms with Crippen LogP contribution in [0.2, 0.25) is 0 Å². The summed E-state index contributed by atoms with van der Waals surface area (Å²) in [7, 11) is 0. The van der Waals surface area contributed by atoms with Gasteiger partial charge in [0.1, 0.15) is 0 Å². The minimum absolute atomic E-state index is 0.119. The summed E-state index contributed by atoms with van der Waals surface area (Å²) in [5, 5.41) is 26.6. The normalized spacial score (nSPS) is 8.82. The van der Waals surface area contributed by atoms with E-state index < -0.39 is 12.3 Å². The molecular formula is C4H13N3O4. The molecule has 0 fully saturated rings. The first-order valence-corrected chi connectivity index (χ1v) is 2.75. The van der Waals surface area contributed by atoms with Gasteiger partial charge in [-0.15, -0.1) is 0 Å². The number of carbonyl (C=O) groups is 1. The van der Waals surface area contributed by atoms with E-state index in [9.17, 15) is 4.79 Å². The van der Waals surface area contributed by atoms with E-state index in [0.29, 0.717) is 0 Å². The topological polar surface area (TPSA) is 142 Å². The van der Waals surface area contributed by atoms with E-state index in [2.05, 4.69) is 17.0 Å². The molecule has 0 rings (SSSR count). The molecule has 7 nitrogen and oxygen atoms in total. The van der Waals surface area contributed by atoms with Gasteiger partial charge in [-0.3, -0.25) is 16.5 Å². The van der Waals surface area contributed by atoms with Gasteiger partial charge in [0.2, 0.25) is 0 Å². The number of carboxylic acid groups (broad SMARTS) is 1. The predicted octanol–water partition coefficient (Wildman–Crippen LogP) is -3.21. The van der Waals surface area contributed by atoms with E-state index in [1.165, 1.54) is 0 Å². The first kappa shape index (κ1) is 12.9. The summed E-state index contributed by atoms with van der Waals surface area (Å²) >= 11 is 0. The molecule has 68 valence electrons. The van der Waals surface area contributed by atoms with Crippen LogP contribution in [-0.2, 0) is 4.79 Å². The number of nitrogens with two attached hydrogens (primary N) is 2. The summed E-state index contributed by atoms with van der Waals surface area (Å²) in [5.41, 5.74) is 0. The molecule has 0 amide bonds. The Hall–Kier alpha value is -0.730. The Balaban J connectivity index is 0. The lowest BCUT2D eigenvalue weighted by Gasteiger charge is -2.01. The van der Waals surface area contributed by atoms with Crippen molar-refractivity contribution in [2.24, 2.45) is 11.7 Å². The predicted molar refractivity (Wildman–Crippen MR) is 37.1 cm³/mol. The fourth-order valence-corrected chi connectivity index (χ4v) is 0.308. The molecule has 0 radical (unpaired) electrons. The SMILES string of the molecule is NN.O=C(O)CNCC(O)O. The van der Waals surface area contributed by atoms with Gasteiger partial charge >= 0.3 is 5.97 Å². The molecule has 0 saturated carbocycles. The minimum Gasteiger partial charge on any atom is -0.480 e. The van der Waals surface area contributed by atoms with Gasteiger partial charge < -0.3 is 20.6 Å². The van der Waals surface area contributed by atoms with Crippen molar-refractivity contribution < 1.29 is 20.1 Å². The molecule has 0 unspecified atom stereocenters. The molecule has 0 aromatic heterocycles. The Morgan fingerprint density at radius 1 is 1.45 bits per heavy atom. The average molecular weight is 167 g/mol. The second-order valence-corrected chi connectivity index (χ2v) is 1.51. The van der Waals surface area contributed by atoms with Gasteiger partial charge in [-0.2, -0.15) is 0 Å².